The van der Waals surface area contributed by atoms with Gasteiger partial charge in [-0.1, -0.05) is 12.1 Å². The molecule has 33 heavy (non-hydrogen) atoms. The molecule has 1 N–H and O–H groups in total. The monoisotopic (exact) mass is 519 g/mol. The minimum absolute atomic E-state index is 0.111. The summed E-state index contributed by atoms with van der Waals surface area (Å²) in [6.07, 6.45) is -0.111. The number of carbonyl (C=O) groups is 1. The van der Waals surface area contributed by atoms with Crippen LogP contribution >= 0.6 is 15.9 Å². The van der Waals surface area contributed by atoms with Crippen LogP contribution in [-0.2, 0) is 6.54 Å². The quantitative estimate of drug-likeness (QED) is 0.460. The molecule has 0 aliphatic heterocycles. The Kier molecular flexibility index (Phi) is 7.65. The first-order valence-corrected chi connectivity index (χ1v) is 10.9. The Balaban J connectivity index is 1.79. The molecule has 0 spiro atoms. The highest BCUT2D eigenvalue weighted by Crippen LogP contribution is 2.30. The van der Waals surface area contributed by atoms with Crippen LogP contribution in [0.2, 0.25) is 0 Å². The molecule has 0 radical (unpaired) electrons. The molecule has 9 heteroatoms. The Bertz CT molecular complexity index is 1230. The third-order valence-corrected chi connectivity index (χ3v) is 5.93. The van der Waals surface area contributed by atoms with E-state index in [0.29, 0.717) is 17.3 Å². The van der Waals surface area contributed by atoms with Crippen molar-refractivity contribution in [2.75, 3.05) is 14.1 Å². The van der Waals surface area contributed by atoms with Crippen molar-refractivity contribution in [2.24, 2.45) is 0 Å². The molecular formula is C24H24BrF2N3O3. The lowest BCUT2D eigenvalue weighted by Crippen LogP contribution is -2.42. The highest BCUT2D eigenvalue weighted by atomic mass is 79.9. The Labute approximate surface area is 198 Å². The van der Waals surface area contributed by atoms with Gasteiger partial charge in [-0.25, -0.2) is 8.78 Å². The fourth-order valence-corrected chi connectivity index (χ4v) is 3.42. The molecule has 0 bridgehead atoms. The van der Waals surface area contributed by atoms with Crippen molar-refractivity contribution >= 4 is 21.8 Å². The van der Waals surface area contributed by atoms with Crippen LogP contribution in [0.25, 0.3) is 0 Å². The van der Waals surface area contributed by atoms with Gasteiger partial charge in [-0.05, 0) is 73.7 Å². The van der Waals surface area contributed by atoms with E-state index < -0.39 is 11.6 Å². The zero-order chi connectivity index (χ0) is 24.3. The fraction of sp³-hybridized carbons (Fsp3) is 0.250. The molecule has 3 rings (SSSR count). The minimum atomic E-state index is -0.868. The summed E-state index contributed by atoms with van der Waals surface area (Å²) < 4.78 is 34.2. The number of carbonyl (C=O) groups excluding carboxylic acids is 1. The molecule has 0 saturated heterocycles. The summed E-state index contributed by atoms with van der Waals surface area (Å²) >= 11 is 3.23. The number of aryl methyl sites for hydroxylation is 1. The third-order valence-electron chi connectivity index (χ3n) is 5.20. The van der Waals surface area contributed by atoms with Crippen molar-refractivity contribution in [1.82, 2.24) is 14.8 Å². The van der Waals surface area contributed by atoms with Gasteiger partial charge in [0.2, 0.25) is 0 Å². The van der Waals surface area contributed by atoms with Crippen molar-refractivity contribution in [1.29, 1.82) is 0 Å². The van der Waals surface area contributed by atoms with E-state index in [2.05, 4.69) is 21.2 Å². The van der Waals surface area contributed by atoms with E-state index in [1.54, 1.807) is 37.3 Å². The molecule has 1 aromatic heterocycles. The summed E-state index contributed by atoms with van der Waals surface area (Å²) in [5, 5.41) is 2.89. The number of ether oxygens (including phenoxy) is 1. The predicted octanol–water partition coefficient (Wildman–Crippen LogP) is 4.68. The molecular weight excluding hydrogens is 496 g/mol. The first-order chi connectivity index (χ1) is 15.6. The largest absolute Gasteiger partial charge is 0.453 e. The van der Waals surface area contributed by atoms with Crippen molar-refractivity contribution < 1.29 is 18.3 Å². The van der Waals surface area contributed by atoms with Crippen molar-refractivity contribution in [3.8, 4) is 11.5 Å². The Morgan fingerprint density at radius 1 is 1.12 bits per heavy atom. The molecule has 174 valence electrons. The maximum atomic E-state index is 13.9. The number of hydrogen-bond acceptors (Lipinski definition) is 4. The van der Waals surface area contributed by atoms with E-state index in [0.717, 1.165) is 17.7 Å². The summed E-state index contributed by atoms with van der Waals surface area (Å²) in [4.78, 5) is 27.2. The topological polar surface area (TPSA) is 63.6 Å². The van der Waals surface area contributed by atoms with Gasteiger partial charge in [0.05, 0.1) is 12.7 Å². The second-order valence-corrected chi connectivity index (χ2v) is 8.64. The number of benzene rings is 2. The van der Waals surface area contributed by atoms with E-state index in [-0.39, 0.29) is 40.1 Å². The van der Waals surface area contributed by atoms with Gasteiger partial charge in [0.15, 0.2) is 11.6 Å². The maximum Gasteiger partial charge on any atom is 0.269 e. The zero-order valence-electron chi connectivity index (χ0n) is 18.7. The second kappa shape index (κ2) is 10.3. The first-order valence-electron chi connectivity index (χ1n) is 10.2. The van der Waals surface area contributed by atoms with Crippen molar-refractivity contribution in [2.45, 2.75) is 26.6 Å². The number of rotatable bonds is 7. The number of hydrogen-bond donors (Lipinski definition) is 1. The standard InChI is InChI=1S/C24H24BrF2N3O3/c1-14-11-21(33-20-10-9-18(26)12-19(20)27)22(25)24(32)30(14)13-16-5-7-17(8-6-16)23(31)28-15(2)29(3)4/h5-12,15H,13H2,1-4H3,(H,28,31). The van der Waals surface area contributed by atoms with Gasteiger partial charge in [0, 0.05) is 23.4 Å². The molecule has 1 unspecified atom stereocenters. The van der Waals surface area contributed by atoms with E-state index in [4.69, 9.17) is 4.74 Å². The van der Waals surface area contributed by atoms with E-state index in [1.165, 1.54) is 4.57 Å². The second-order valence-electron chi connectivity index (χ2n) is 7.84. The SMILES string of the molecule is Cc1cc(Oc2ccc(F)cc2F)c(Br)c(=O)n1Cc1ccc(C(=O)NC(C)N(C)C)cc1. The van der Waals surface area contributed by atoms with Gasteiger partial charge in [-0.2, -0.15) is 0 Å². The molecule has 1 atom stereocenters. The number of halogens is 3. The zero-order valence-corrected chi connectivity index (χ0v) is 20.2. The van der Waals surface area contributed by atoms with Gasteiger partial charge in [0.25, 0.3) is 11.5 Å². The van der Waals surface area contributed by atoms with Crippen molar-refractivity contribution in [3.63, 3.8) is 0 Å². The molecule has 3 aromatic rings. The minimum Gasteiger partial charge on any atom is -0.453 e. The number of nitrogens with one attached hydrogen (secondary N) is 1. The highest BCUT2D eigenvalue weighted by molar-refractivity contribution is 9.10. The molecule has 0 aliphatic carbocycles. The van der Waals surface area contributed by atoms with Crippen LogP contribution in [0.3, 0.4) is 0 Å². The third kappa shape index (κ3) is 5.85. The molecule has 6 nitrogen and oxygen atoms in total. The van der Waals surface area contributed by atoms with Crippen molar-refractivity contribution in [3.05, 3.63) is 91.8 Å². The maximum absolute atomic E-state index is 13.9. The normalized spacial score (nSPS) is 12.0. The van der Waals surface area contributed by atoms with Gasteiger partial charge in [-0.3, -0.25) is 14.5 Å². The van der Waals surface area contributed by atoms with E-state index >= 15 is 0 Å². The van der Waals surface area contributed by atoms with E-state index in [9.17, 15) is 18.4 Å². The molecule has 0 aliphatic rings. The Hall–Kier alpha value is -3.04. The van der Waals surface area contributed by atoms with Crippen LogP contribution in [0.15, 0.2) is 57.8 Å². The summed E-state index contributed by atoms with van der Waals surface area (Å²) in [5.41, 5.74) is 1.56. The number of pyridine rings is 1. The lowest BCUT2D eigenvalue weighted by Gasteiger charge is -2.21. The number of nitrogens with zero attached hydrogens (tertiary/aromatic N) is 2. The summed E-state index contributed by atoms with van der Waals surface area (Å²) in [6.45, 7) is 3.88. The Morgan fingerprint density at radius 2 is 1.79 bits per heavy atom. The van der Waals surface area contributed by atoms with Crippen LogP contribution in [0.4, 0.5) is 8.78 Å². The molecule has 0 saturated carbocycles. The number of aromatic nitrogens is 1. The van der Waals surface area contributed by atoms with Gasteiger partial charge in [0.1, 0.15) is 16.0 Å². The fourth-order valence-electron chi connectivity index (χ4n) is 3.01. The van der Waals surface area contributed by atoms with Crippen LogP contribution in [0.5, 0.6) is 11.5 Å². The lowest BCUT2D eigenvalue weighted by atomic mass is 10.1. The van der Waals surface area contributed by atoms with Crippen LogP contribution in [0, 0.1) is 18.6 Å². The van der Waals surface area contributed by atoms with Crippen LogP contribution in [-0.4, -0.2) is 35.6 Å². The molecule has 0 fully saturated rings. The summed E-state index contributed by atoms with van der Waals surface area (Å²) in [7, 11) is 3.75. The van der Waals surface area contributed by atoms with E-state index in [1.807, 2.05) is 25.9 Å². The van der Waals surface area contributed by atoms with Gasteiger partial charge in [-0.15, -0.1) is 0 Å². The smallest absolute Gasteiger partial charge is 0.269 e. The molecule has 1 amide bonds. The summed E-state index contributed by atoms with van der Waals surface area (Å²) in [6, 6.07) is 11.5. The predicted molar refractivity (Wildman–Crippen MR) is 126 cm³/mol. The summed E-state index contributed by atoms with van der Waals surface area (Å²) in [5.74, 6) is -1.84. The molecule has 2 aromatic carbocycles. The highest BCUT2D eigenvalue weighted by Gasteiger charge is 2.16. The van der Waals surface area contributed by atoms with Gasteiger partial charge >= 0.3 is 0 Å². The van der Waals surface area contributed by atoms with Gasteiger partial charge < -0.3 is 14.6 Å². The van der Waals surface area contributed by atoms with Crippen LogP contribution in [0.1, 0.15) is 28.5 Å². The lowest BCUT2D eigenvalue weighted by molar-refractivity contribution is 0.0900. The average molecular weight is 520 g/mol. The average Bonchev–Trinajstić information content (AvgIpc) is 2.76. The first kappa shape index (κ1) is 24.6. The van der Waals surface area contributed by atoms with Crippen LogP contribution < -0.4 is 15.6 Å². The number of amides is 1. The molecule has 1 heterocycles. The Morgan fingerprint density at radius 3 is 2.39 bits per heavy atom.